The van der Waals surface area contributed by atoms with Crippen molar-refractivity contribution in [3.8, 4) is 0 Å². The molecular weight excluding hydrogens is 208 g/mol. The lowest BCUT2D eigenvalue weighted by Gasteiger charge is -2.13. The summed E-state index contributed by atoms with van der Waals surface area (Å²) in [6.45, 7) is 1.35. The molecule has 0 radical (unpaired) electrons. The van der Waals surface area contributed by atoms with Crippen molar-refractivity contribution in [3.63, 3.8) is 0 Å². The average Bonchev–Trinajstić information content (AvgIpc) is 2.84. The summed E-state index contributed by atoms with van der Waals surface area (Å²) in [6, 6.07) is 1.68. The highest BCUT2D eigenvalue weighted by Gasteiger charge is 2.31. The molecule has 88 valence electrons. The molecule has 2 rings (SSSR count). The third-order valence-corrected chi connectivity index (χ3v) is 2.83. The van der Waals surface area contributed by atoms with Crippen molar-refractivity contribution in [1.82, 2.24) is 15.1 Å². The maximum Gasteiger partial charge on any atom is 0.227 e. The average molecular weight is 224 g/mol. The third-order valence-electron chi connectivity index (χ3n) is 2.83. The van der Waals surface area contributed by atoms with Crippen LogP contribution >= 0.6 is 0 Å². The van der Waals surface area contributed by atoms with Crippen LogP contribution in [-0.2, 0) is 23.1 Å². The first kappa shape index (κ1) is 11.1. The predicted octanol–water partition coefficient (Wildman–Crippen LogP) is -0.990. The Morgan fingerprint density at radius 2 is 2.56 bits per heavy atom. The highest BCUT2D eigenvalue weighted by atomic mass is 16.5. The zero-order chi connectivity index (χ0) is 11.5. The first-order valence-electron chi connectivity index (χ1n) is 5.26. The molecule has 0 saturated carbocycles. The van der Waals surface area contributed by atoms with Crippen LogP contribution in [0, 0.1) is 5.92 Å². The van der Waals surface area contributed by atoms with Crippen LogP contribution in [0.15, 0.2) is 12.3 Å². The van der Waals surface area contributed by atoms with Crippen LogP contribution in [0.5, 0.6) is 0 Å². The summed E-state index contributed by atoms with van der Waals surface area (Å²) in [4.78, 5) is 11.8. The lowest BCUT2D eigenvalue weighted by molar-refractivity contribution is -0.125. The molecule has 2 atom stereocenters. The second kappa shape index (κ2) is 4.63. The normalized spacial score (nSPS) is 24.6. The van der Waals surface area contributed by atoms with E-state index in [4.69, 9.17) is 10.5 Å². The topological polar surface area (TPSA) is 82.2 Å². The molecule has 1 saturated heterocycles. The number of hydrogen-bond donors (Lipinski definition) is 2. The maximum atomic E-state index is 11.8. The number of amides is 1. The van der Waals surface area contributed by atoms with E-state index in [-0.39, 0.29) is 17.9 Å². The number of aromatic nitrogens is 2. The second-order valence-electron chi connectivity index (χ2n) is 3.97. The van der Waals surface area contributed by atoms with Gasteiger partial charge in [-0.1, -0.05) is 0 Å². The van der Waals surface area contributed by atoms with Gasteiger partial charge in [-0.2, -0.15) is 5.10 Å². The molecule has 0 aromatic carbocycles. The van der Waals surface area contributed by atoms with Crippen molar-refractivity contribution >= 4 is 5.91 Å². The molecule has 16 heavy (non-hydrogen) atoms. The third kappa shape index (κ3) is 2.23. The standard InChI is InChI=1S/C10H16N4O2/c1-14-7(2-3-13-14)4-12-10(15)8-5-16-6-9(8)11/h2-3,8-9H,4-6,11H2,1H3,(H,12,15). The number of ether oxygens (including phenoxy) is 1. The summed E-state index contributed by atoms with van der Waals surface area (Å²) in [5.74, 6) is -0.278. The maximum absolute atomic E-state index is 11.8. The number of nitrogens with one attached hydrogen (secondary N) is 1. The van der Waals surface area contributed by atoms with Gasteiger partial charge in [-0.25, -0.2) is 0 Å². The number of rotatable bonds is 3. The molecule has 6 heteroatoms. The zero-order valence-corrected chi connectivity index (χ0v) is 9.22. The Labute approximate surface area is 93.8 Å². The minimum absolute atomic E-state index is 0.0498. The summed E-state index contributed by atoms with van der Waals surface area (Å²) in [5.41, 5.74) is 6.71. The number of nitrogens with zero attached hydrogens (tertiary/aromatic N) is 2. The van der Waals surface area contributed by atoms with Gasteiger partial charge >= 0.3 is 0 Å². The van der Waals surface area contributed by atoms with E-state index in [1.807, 2.05) is 13.1 Å². The molecule has 3 N–H and O–H groups in total. The van der Waals surface area contributed by atoms with Crippen molar-refractivity contribution in [1.29, 1.82) is 0 Å². The van der Waals surface area contributed by atoms with E-state index in [1.165, 1.54) is 0 Å². The van der Waals surface area contributed by atoms with Crippen molar-refractivity contribution < 1.29 is 9.53 Å². The number of hydrogen-bond acceptors (Lipinski definition) is 4. The molecule has 1 aromatic heterocycles. The van der Waals surface area contributed by atoms with E-state index in [2.05, 4.69) is 10.4 Å². The number of carbonyl (C=O) groups is 1. The lowest BCUT2D eigenvalue weighted by Crippen LogP contribution is -2.40. The van der Waals surface area contributed by atoms with E-state index in [0.717, 1.165) is 5.69 Å². The second-order valence-corrected chi connectivity index (χ2v) is 3.97. The van der Waals surface area contributed by atoms with E-state index < -0.39 is 0 Å². The fourth-order valence-corrected chi connectivity index (χ4v) is 1.72. The monoisotopic (exact) mass is 224 g/mol. The molecule has 2 heterocycles. The predicted molar refractivity (Wildman–Crippen MR) is 57.3 cm³/mol. The summed E-state index contributed by atoms with van der Waals surface area (Å²) < 4.78 is 6.88. The van der Waals surface area contributed by atoms with Gasteiger partial charge in [0.2, 0.25) is 5.91 Å². The molecule has 1 aliphatic heterocycles. The van der Waals surface area contributed by atoms with Gasteiger partial charge in [0.25, 0.3) is 0 Å². The quantitative estimate of drug-likeness (QED) is 0.690. The van der Waals surface area contributed by atoms with E-state index in [0.29, 0.717) is 19.8 Å². The molecule has 1 aromatic rings. The van der Waals surface area contributed by atoms with Gasteiger partial charge in [0.1, 0.15) is 0 Å². The smallest absolute Gasteiger partial charge is 0.227 e. The largest absolute Gasteiger partial charge is 0.379 e. The minimum Gasteiger partial charge on any atom is -0.379 e. The van der Waals surface area contributed by atoms with Crippen LogP contribution in [0.1, 0.15) is 5.69 Å². The van der Waals surface area contributed by atoms with Crippen molar-refractivity contribution in [3.05, 3.63) is 18.0 Å². The number of nitrogens with two attached hydrogens (primary N) is 1. The van der Waals surface area contributed by atoms with Gasteiger partial charge in [0.05, 0.1) is 31.4 Å². The van der Waals surface area contributed by atoms with Gasteiger partial charge in [0, 0.05) is 19.3 Å². The molecule has 2 unspecified atom stereocenters. The highest BCUT2D eigenvalue weighted by Crippen LogP contribution is 2.11. The zero-order valence-electron chi connectivity index (χ0n) is 9.22. The molecule has 0 spiro atoms. The van der Waals surface area contributed by atoms with Crippen LogP contribution < -0.4 is 11.1 Å². The minimum atomic E-state index is -0.228. The SMILES string of the molecule is Cn1nccc1CNC(=O)C1COCC1N. The molecule has 1 fully saturated rings. The van der Waals surface area contributed by atoms with Gasteiger partial charge < -0.3 is 15.8 Å². The Morgan fingerprint density at radius 3 is 3.12 bits per heavy atom. The molecule has 0 bridgehead atoms. The van der Waals surface area contributed by atoms with E-state index in [1.54, 1.807) is 10.9 Å². The van der Waals surface area contributed by atoms with E-state index in [9.17, 15) is 4.79 Å². The first-order valence-corrected chi connectivity index (χ1v) is 5.26. The Morgan fingerprint density at radius 1 is 1.75 bits per heavy atom. The van der Waals surface area contributed by atoms with Crippen LogP contribution in [0.3, 0.4) is 0 Å². The Bertz CT molecular complexity index is 377. The van der Waals surface area contributed by atoms with Crippen LogP contribution in [0.2, 0.25) is 0 Å². The molecule has 6 nitrogen and oxygen atoms in total. The Hall–Kier alpha value is -1.40. The fourth-order valence-electron chi connectivity index (χ4n) is 1.72. The highest BCUT2D eigenvalue weighted by molar-refractivity contribution is 5.79. The molecule has 1 aliphatic rings. The molecule has 1 amide bonds. The van der Waals surface area contributed by atoms with Crippen molar-refractivity contribution in [2.75, 3.05) is 13.2 Å². The van der Waals surface area contributed by atoms with Crippen molar-refractivity contribution in [2.24, 2.45) is 18.7 Å². The fraction of sp³-hybridized carbons (Fsp3) is 0.600. The molecule has 0 aliphatic carbocycles. The van der Waals surface area contributed by atoms with E-state index >= 15 is 0 Å². The molecular formula is C10H16N4O2. The van der Waals surface area contributed by atoms with Crippen LogP contribution in [-0.4, -0.2) is 34.9 Å². The summed E-state index contributed by atoms with van der Waals surface area (Å²) >= 11 is 0. The van der Waals surface area contributed by atoms with Crippen molar-refractivity contribution in [2.45, 2.75) is 12.6 Å². The van der Waals surface area contributed by atoms with Crippen LogP contribution in [0.25, 0.3) is 0 Å². The summed E-state index contributed by atoms with van der Waals surface area (Å²) in [6.07, 6.45) is 1.70. The Kier molecular flexibility index (Phi) is 3.21. The Balaban J connectivity index is 1.86. The number of aryl methyl sites for hydroxylation is 1. The summed E-state index contributed by atoms with van der Waals surface area (Å²) in [7, 11) is 1.84. The lowest BCUT2D eigenvalue weighted by atomic mass is 10.0. The first-order chi connectivity index (χ1) is 7.68. The van der Waals surface area contributed by atoms with Gasteiger partial charge in [-0.05, 0) is 6.07 Å². The van der Waals surface area contributed by atoms with Gasteiger partial charge in [-0.15, -0.1) is 0 Å². The summed E-state index contributed by atoms with van der Waals surface area (Å²) in [5, 5.41) is 6.86. The van der Waals surface area contributed by atoms with Crippen LogP contribution in [0.4, 0.5) is 0 Å². The van der Waals surface area contributed by atoms with Gasteiger partial charge in [-0.3, -0.25) is 9.48 Å². The van der Waals surface area contributed by atoms with Gasteiger partial charge in [0.15, 0.2) is 0 Å². The number of carbonyl (C=O) groups excluding carboxylic acids is 1.